The fourth-order valence-electron chi connectivity index (χ4n) is 2.81. The van der Waals surface area contributed by atoms with E-state index in [4.69, 9.17) is 14.2 Å². The number of phenolic OH excluding ortho intramolecular Hbond substituents is 1. The van der Waals surface area contributed by atoms with Gasteiger partial charge in [-0.1, -0.05) is 12.1 Å². The van der Waals surface area contributed by atoms with Crippen molar-refractivity contribution in [1.82, 2.24) is 5.32 Å². The number of benzene rings is 2. The minimum atomic E-state index is -0.621. The molecule has 3 N–H and O–H groups in total. The van der Waals surface area contributed by atoms with Crippen LogP contribution in [0.3, 0.4) is 0 Å². The van der Waals surface area contributed by atoms with Gasteiger partial charge in [-0.2, -0.15) is 0 Å². The standard InChI is InChI=1S/C22H31NO5.ClH/c1-15-12-21(16(2)17(3)22(15)25)28-14-18(24)13-23-10-7-11-27-20-9-6-5-8-19(20)26-4;/h5-6,8-9,12,18,23-25H,7,10-11,13-14H2,1-4H3;1H. The molecule has 0 fully saturated rings. The van der Waals surface area contributed by atoms with Crippen LogP contribution in [0.25, 0.3) is 0 Å². The average molecular weight is 426 g/mol. The van der Waals surface area contributed by atoms with Gasteiger partial charge in [0.15, 0.2) is 11.5 Å². The fraction of sp³-hybridized carbons (Fsp3) is 0.455. The third-order valence-electron chi connectivity index (χ3n) is 4.64. The molecule has 162 valence electrons. The molecule has 2 rings (SSSR count). The molecule has 2 aromatic rings. The second-order valence-electron chi connectivity index (χ2n) is 6.81. The van der Waals surface area contributed by atoms with E-state index in [2.05, 4.69) is 5.32 Å². The van der Waals surface area contributed by atoms with Crippen LogP contribution in [0, 0.1) is 20.8 Å². The van der Waals surface area contributed by atoms with Crippen LogP contribution in [0.15, 0.2) is 30.3 Å². The number of para-hydroxylation sites is 2. The number of rotatable bonds is 11. The van der Waals surface area contributed by atoms with Crippen molar-refractivity contribution < 1.29 is 24.4 Å². The van der Waals surface area contributed by atoms with Crippen LogP contribution in [-0.2, 0) is 0 Å². The number of aryl methyl sites for hydroxylation is 1. The first kappa shape index (κ1) is 24.9. The highest BCUT2D eigenvalue weighted by molar-refractivity contribution is 5.85. The number of hydrogen-bond acceptors (Lipinski definition) is 6. The summed E-state index contributed by atoms with van der Waals surface area (Å²) in [5.74, 6) is 2.44. The van der Waals surface area contributed by atoms with Crippen LogP contribution in [0.4, 0.5) is 0 Å². The lowest BCUT2D eigenvalue weighted by molar-refractivity contribution is 0.105. The topological polar surface area (TPSA) is 80.2 Å². The van der Waals surface area contributed by atoms with Crippen LogP contribution in [0.1, 0.15) is 23.1 Å². The normalized spacial score (nSPS) is 11.5. The number of phenols is 1. The summed E-state index contributed by atoms with van der Waals surface area (Å²) in [4.78, 5) is 0. The van der Waals surface area contributed by atoms with E-state index >= 15 is 0 Å². The van der Waals surface area contributed by atoms with Crippen LogP contribution in [0.5, 0.6) is 23.0 Å². The number of aliphatic hydroxyl groups excluding tert-OH is 1. The molecular weight excluding hydrogens is 394 g/mol. The molecule has 0 saturated heterocycles. The molecule has 0 bridgehead atoms. The van der Waals surface area contributed by atoms with Crippen molar-refractivity contribution in [2.24, 2.45) is 0 Å². The van der Waals surface area contributed by atoms with E-state index in [0.29, 0.717) is 24.7 Å². The molecule has 1 atom stereocenters. The summed E-state index contributed by atoms with van der Waals surface area (Å²) in [5.41, 5.74) is 2.45. The lowest BCUT2D eigenvalue weighted by Crippen LogP contribution is -2.32. The molecule has 0 aliphatic carbocycles. The van der Waals surface area contributed by atoms with Gasteiger partial charge in [-0.25, -0.2) is 0 Å². The number of halogens is 1. The van der Waals surface area contributed by atoms with E-state index in [1.807, 2.05) is 45.0 Å². The van der Waals surface area contributed by atoms with E-state index < -0.39 is 6.10 Å². The molecular formula is C22H32ClNO5. The Bertz CT molecular complexity index is 769. The monoisotopic (exact) mass is 425 g/mol. The first-order chi connectivity index (χ1) is 13.4. The second kappa shape index (κ2) is 12.4. The first-order valence-corrected chi connectivity index (χ1v) is 9.51. The van der Waals surface area contributed by atoms with Crippen molar-refractivity contribution in [2.75, 3.05) is 33.4 Å². The summed E-state index contributed by atoms with van der Waals surface area (Å²) in [6, 6.07) is 9.35. The van der Waals surface area contributed by atoms with E-state index in [9.17, 15) is 10.2 Å². The summed E-state index contributed by atoms with van der Waals surface area (Å²) in [7, 11) is 1.62. The molecule has 0 radical (unpaired) electrons. The number of nitrogens with one attached hydrogen (secondary N) is 1. The average Bonchev–Trinajstić information content (AvgIpc) is 2.70. The van der Waals surface area contributed by atoms with Crippen molar-refractivity contribution in [3.8, 4) is 23.0 Å². The van der Waals surface area contributed by atoms with Gasteiger partial charge in [-0.3, -0.25) is 0 Å². The van der Waals surface area contributed by atoms with Gasteiger partial charge in [-0.05, 0) is 68.6 Å². The minimum Gasteiger partial charge on any atom is -0.507 e. The van der Waals surface area contributed by atoms with Crippen molar-refractivity contribution in [3.05, 3.63) is 47.0 Å². The van der Waals surface area contributed by atoms with Crippen molar-refractivity contribution in [3.63, 3.8) is 0 Å². The SMILES string of the molecule is COc1ccccc1OCCCNCC(O)COc1cc(C)c(O)c(C)c1C.Cl. The third-order valence-corrected chi connectivity index (χ3v) is 4.64. The largest absolute Gasteiger partial charge is 0.507 e. The molecule has 1 unspecified atom stereocenters. The Balaban J connectivity index is 0.00000420. The number of ether oxygens (including phenoxy) is 3. The van der Waals surface area contributed by atoms with Gasteiger partial charge < -0.3 is 29.7 Å². The van der Waals surface area contributed by atoms with Crippen LogP contribution < -0.4 is 19.5 Å². The Morgan fingerprint density at radius 3 is 2.38 bits per heavy atom. The molecule has 0 spiro atoms. The molecule has 0 aliphatic heterocycles. The molecule has 2 aromatic carbocycles. The predicted octanol–water partition coefficient (Wildman–Crippen LogP) is 3.55. The summed E-state index contributed by atoms with van der Waals surface area (Å²) in [6.07, 6.45) is 0.185. The van der Waals surface area contributed by atoms with Gasteiger partial charge in [0, 0.05) is 6.54 Å². The van der Waals surface area contributed by atoms with Crippen molar-refractivity contribution >= 4 is 12.4 Å². The van der Waals surface area contributed by atoms with Crippen LogP contribution in [-0.4, -0.2) is 49.7 Å². The molecule has 0 amide bonds. The minimum absolute atomic E-state index is 0. The number of aliphatic hydroxyl groups is 1. The van der Waals surface area contributed by atoms with Gasteiger partial charge in [-0.15, -0.1) is 12.4 Å². The Labute approximate surface area is 179 Å². The Morgan fingerprint density at radius 1 is 1.00 bits per heavy atom. The van der Waals surface area contributed by atoms with Gasteiger partial charge in [0.2, 0.25) is 0 Å². The maximum atomic E-state index is 10.1. The lowest BCUT2D eigenvalue weighted by atomic mass is 10.0. The van der Waals surface area contributed by atoms with Gasteiger partial charge in [0.25, 0.3) is 0 Å². The summed E-state index contributed by atoms with van der Waals surface area (Å²) < 4.78 is 16.7. The first-order valence-electron chi connectivity index (χ1n) is 9.51. The zero-order valence-electron chi connectivity index (χ0n) is 17.5. The second-order valence-corrected chi connectivity index (χ2v) is 6.81. The van der Waals surface area contributed by atoms with Gasteiger partial charge in [0.05, 0.1) is 13.7 Å². The molecule has 7 heteroatoms. The maximum absolute atomic E-state index is 10.1. The quantitative estimate of drug-likeness (QED) is 0.478. The van der Waals surface area contributed by atoms with Crippen molar-refractivity contribution in [2.45, 2.75) is 33.3 Å². The Morgan fingerprint density at radius 2 is 1.69 bits per heavy atom. The van der Waals surface area contributed by atoms with Crippen molar-refractivity contribution in [1.29, 1.82) is 0 Å². The summed E-state index contributed by atoms with van der Waals surface area (Å²) in [5, 5.41) is 23.3. The molecule has 29 heavy (non-hydrogen) atoms. The number of methoxy groups -OCH3 is 1. The van der Waals surface area contributed by atoms with E-state index in [0.717, 1.165) is 41.2 Å². The summed E-state index contributed by atoms with van der Waals surface area (Å²) in [6.45, 7) is 7.50. The molecule has 0 heterocycles. The van der Waals surface area contributed by atoms with Crippen LogP contribution in [0.2, 0.25) is 0 Å². The summed E-state index contributed by atoms with van der Waals surface area (Å²) >= 11 is 0. The zero-order chi connectivity index (χ0) is 20.5. The predicted molar refractivity (Wildman–Crippen MR) is 117 cm³/mol. The zero-order valence-corrected chi connectivity index (χ0v) is 18.3. The molecule has 6 nitrogen and oxygen atoms in total. The van der Waals surface area contributed by atoms with Gasteiger partial charge >= 0.3 is 0 Å². The highest BCUT2D eigenvalue weighted by Crippen LogP contribution is 2.32. The van der Waals surface area contributed by atoms with E-state index in [1.54, 1.807) is 13.2 Å². The molecule has 0 saturated carbocycles. The van der Waals surface area contributed by atoms with Gasteiger partial charge in [0.1, 0.15) is 24.2 Å². The molecule has 0 aliphatic rings. The van der Waals surface area contributed by atoms with Crippen LogP contribution >= 0.6 is 12.4 Å². The fourth-order valence-corrected chi connectivity index (χ4v) is 2.81. The lowest BCUT2D eigenvalue weighted by Gasteiger charge is -2.17. The third kappa shape index (κ3) is 7.31. The Hall–Kier alpha value is -2.15. The highest BCUT2D eigenvalue weighted by atomic mass is 35.5. The number of aromatic hydroxyl groups is 1. The van der Waals surface area contributed by atoms with E-state index in [1.165, 1.54) is 0 Å². The maximum Gasteiger partial charge on any atom is 0.161 e. The molecule has 0 aromatic heterocycles. The number of hydrogen-bond donors (Lipinski definition) is 3. The smallest absolute Gasteiger partial charge is 0.161 e. The Kier molecular flexibility index (Phi) is 10.7. The highest BCUT2D eigenvalue weighted by Gasteiger charge is 2.12. The van der Waals surface area contributed by atoms with E-state index in [-0.39, 0.29) is 19.0 Å².